The predicted molar refractivity (Wildman–Crippen MR) is 62.2 cm³/mol. The minimum atomic E-state index is -4.93. The molecule has 0 aromatic heterocycles. The first-order valence-electron chi connectivity index (χ1n) is 5.25. The average molecular weight is 281 g/mol. The molecule has 100 valence electrons. The van der Waals surface area contributed by atoms with Gasteiger partial charge in [0, 0.05) is 5.02 Å². The maximum atomic E-state index is 12.4. The first kappa shape index (κ1) is 14.8. The van der Waals surface area contributed by atoms with Crippen molar-refractivity contribution < 1.29 is 22.7 Å². The second-order valence-corrected chi connectivity index (χ2v) is 4.61. The Morgan fingerprint density at radius 2 is 2.00 bits per heavy atom. The molecule has 18 heavy (non-hydrogen) atoms. The number of carbonyl (C=O) groups excluding carboxylic acids is 1. The number of rotatable bonds is 4. The number of hydrogen-bond donors (Lipinski definition) is 0. The molecule has 1 aromatic carbocycles. The molecule has 0 saturated heterocycles. The molecule has 0 unspecified atom stereocenters. The van der Waals surface area contributed by atoms with Gasteiger partial charge < -0.3 is 4.74 Å². The molecule has 0 fully saturated rings. The Labute approximate surface area is 108 Å². The van der Waals surface area contributed by atoms with Crippen LogP contribution in [0.25, 0.3) is 0 Å². The zero-order chi connectivity index (χ0) is 13.9. The van der Waals surface area contributed by atoms with Gasteiger partial charge >= 0.3 is 6.18 Å². The van der Waals surface area contributed by atoms with Crippen molar-refractivity contribution in [1.29, 1.82) is 0 Å². The van der Waals surface area contributed by atoms with Gasteiger partial charge in [-0.25, -0.2) is 0 Å². The largest absolute Gasteiger partial charge is 0.493 e. The Hall–Kier alpha value is -1.23. The highest BCUT2D eigenvalue weighted by Gasteiger charge is 2.40. The number of ketones is 1. The molecule has 0 aliphatic rings. The van der Waals surface area contributed by atoms with E-state index in [1.54, 1.807) is 0 Å². The third-order valence-corrected chi connectivity index (χ3v) is 2.25. The van der Waals surface area contributed by atoms with Crippen LogP contribution in [0.3, 0.4) is 0 Å². The quantitative estimate of drug-likeness (QED) is 0.776. The number of halogens is 4. The molecule has 0 spiro atoms. The van der Waals surface area contributed by atoms with Crippen LogP contribution in [0.15, 0.2) is 18.2 Å². The Bertz CT molecular complexity index is 441. The van der Waals surface area contributed by atoms with Crippen LogP contribution in [0.2, 0.25) is 5.02 Å². The first-order chi connectivity index (χ1) is 8.21. The maximum Gasteiger partial charge on any atom is 0.455 e. The SMILES string of the molecule is CC(C)COc1cc(Cl)ccc1C(=O)C(F)(F)F. The van der Waals surface area contributed by atoms with E-state index in [2.05, 4.69) is 0 Å². The minimum Gasteiger partial charge on any atom is -0.493 e. The Kier molecular flexibility index (Phi) is 4.62. The van der Waals surface area contributed by atoms with Gasteiger partial charge in [-0.3, -0.25) is 4.79 Å². The maximum absolute atomic E-state index is 12.4. The summed E-state index contributed by atoms with van der Waals surface area (Å²) in [6.45, 7) is 3.89. The normalized spacial score (nSPS) is 11.7. The highest BCUT2D eigenvalue weighted by atomic mass is 35.5. The molecule has 1 rings (SSSR count). The monoisotopic (exact) mass is 280 g/mol. The van der Waals surface area contributed by atoms with Crippen molar-refractivity contribution in [1.82, 2.24) is 0 Å². The van der Waals surface area contributed by atoms with E-state index in [0.717, 1.165) is 6.07 Å². The Balaban J connectivity index is 3.07. The molecule has 0 N–H and O–H groups in total. The summed E-state index contributed by atoms with van der Waals surface area (Å²) >= 11 is 5.68. The summed E-state index contributed by atoms with van der Waals surface area (Å²) in [5.41, 5.74) is -0.521. The molecule has 0 heterocycles. The van der Waals surface area contributed by atoms with Gasteiger partial charge in [-0.15, -0.1) is 0 Å². The molecule has 0 radical (unpaired) electrons. The minimum absolute atomic E-state index is 0.123. The predicted octanol–water partition coefficient (Wildman–Crippen LogP) is 4.12. The van der Waals surface area contributed by atoms with Gasteiger partial charge in [0.1, 0.15) is 5.75 Å². The zero-order valence-corrected chi connectivity index (χ0v) is 10.6. The summed E-state index contributed by atoms with van der Waals surface area (Å²) in [6, 6.07) is 3.46. The fraction of sp³-hybridized carbons (Fsp3) is 0.417. The van der Waals surface area contributed by atoms with Crippen molar-refractivity contribution in [3.8, 4) is 5.75 Å². The molecule has 0 atom stereocenters. The van der Waals surface area contributed by atoms with E-state index < -0.39 is 17.5 Å². The van der Waals surface area contributed by atoms with E-state index in [9.17, 15) is 18.0 Å². The summed E-state index contributed by atoms with van der Waals surface area (Å²) in [6.07, 6.45) is -4.93. The van der Waals surface area contributed by atoms with Crippen molar-refractivity contribution in [2.24, 2.45) is 5.92 Å². The van der Waals surface area contributed by atoms with Gasteiger partial charge in [0.05, 0.1) is 12.2 Å². The van der Waals surface area contributed by atoms with Crippen LogP contribution in [0, 0.1) is 5.92 Å². The Morgan fingerprint density at radius 3 is 2.50 bits per heavy atom. The molecule has 0 saturated carbocycles. The van der Waals surface area contributed by atoms with Gasteiger partial charge in [-0.1, -0.05) is 25.4 Å². The van der Waals surface area contributed by atoms with E-state index in [0.29, 0.717) is 0 Å². The zero-order valence-electron chi connectivity index (χ0n) is 9.84. The molecule has 1 aromatic rings. The third-order valence-electron chi connectivity index (χ3n) is 2.02. The van der Waals surface area contributed by atoms with Crippen LogP contribution in [-0.4, -0.2) is 18.6 Å². The second-order valence-electron chi connectivity index (χ2n) is 4.17. The van der Waals surface area contributed by atoms with Gasteiger partial charge in [0.15, 0.2) is 0 Å². The van der Waals surface area contributed by atoms with E-state index in [-0.39, 0.29) is 23.3 Å². The van der Waals surface area contributed by atoms with Crippen molar-refractivity contribution in [3.05, 3.63) is 28.8 Å². The average Bonchev–Trinajstić information content (AvgIpc) is 2.24. The van der Waals surface area contributed by atoms with E-state index in [1.807, 2.05) is 13.8 Å². The molecule has 0 bridgehead atoms. The molecule has 0 aliphatic heterocycles. The van der Waals surface area contributed by atoms with Crippen LogP contribution < -0.4 is 4.74 Å². The van der Waals surface area contributed by atoms with E-state index in [4.69, 9.17) is 16.3 Å². The molecule has 0 amide bonds. The van der Waals surface area contributed by atoms with Gasteiger partial charge in [-0.05, 0) is 24.1 Å². The number of alkyl halides is 3. The van der Waals surface area contributed by atoms with Gasteiger partial charge in [0.2, 0.25) is 0 Å². The Morgan fingerprint density at radius 1 is 1.39 bits per heavy atom. The van der Waals surface area contributed by atoms with Crippen molar-refractivity contribution >= 4 is 17.4 Å². The highest BCUT2D eigenvalue weighted by Crippen LogP contribution is 2.30. The lowest BCUT2D eigenvalue weighted by Crippen LogP contribution is -2.23. The lowest BCUT2D eigenvalue weighted by Gasteiger charge is -2.14. The summed E-state index contributed by atoms with van der Waals surface area (Å²) in [7, 11) is 0. The number of ether oxygens (including phenoxy) is 1. The van der Waals surface area contributed by atoms with Gasteiger partial charge in [0.25, 0.3) is 5.78 Å². The number of Topliss-reactive ketones (excluding diaryl/α,β-unsaturated/α-hetero) is 1. The fourth-order valence-electron chi connectivity index (χ4n) is 1.21. The molecular formula is C12H12ClF3O2. The molecule has 0 aliphatic carbocycles. The highest BCUT2D eigenvalue weighted by molar-refractivity contribution is 6.30. The van der Waals surface area contributed by atoms with Crippen molar-refractivity contribution in [2.45, 2.75) is 20.0 Å². The van der Waals surface area contributed by atoms with Crippen LogP contribution >= 0.6 is 11.6 Å². The number of carbonyl (C=O) groups is 1. The molecule has 2 nitrogen and oxygen atoms in total. The van der Waals surface area contributed by atoms with Crippen molar-refractivity contribution in [3.63, 3.8) is 0 Å². The lowest BCUT2D eigenvalue weighted by atomic mass is 10.1. The van der Waals surface area contributed by atoms with Crippen molar-refractivity contribution in [2.75, 3.05) is 6.61 Å². The third kappa shape index (κ3) is 3.91. The van der Waals surface area contributed by atoms with Crippen LogP contribution in [0.1, 0.15) is 24.2 Å². The lowest BCUT2D eigenvalue weighted by molar-refractivity contribution is -0.0886. The van der Waals surface area contributed by atoms with Crippen LogP contribution in [0.4, 0.5) is 13.2 Å². The van der Waals surface area contributed by atoms with Crippen LogP contribution in [-0.2, 0) is 0 Å². The first-order valence-corrected chi connectivity index (χ1v) is 5.63. The molecule has 6 heteroatoms. The topological polar surface area (TPSA) is 26.3 Å². The number of benzene rings is 1. The summed E-state index contributed by atoms with van der Waals surface area (Å²) in [5.74, 6) is -1.95. The second kappa shape index (κ2) is 5.61. The van der Waals surface area contributed by atoms with Crippen LogP contribution in [0.5, 0.6) is 5.75 Å². The molecular weight excluding hydrogens is 269 g/mol. The fourth-order valence-corrected chi connectivity index (χ4v) is 1.37. The summed E-state index contributed by atoms with van der Waals surface area (Å²) < 4.78 is 42.3. The van der Waals surface area contributed by atoms with E-state index in [1.165, 1.54) is 12.1 Å². The van der Waals surface area contributed by atoms with E-state index >= 15 is 0 Å². The number of hydrogen-bond acceptors (Lipinski definition) is 2. The smallest absolute Gasteiger partial charge is 0.455 e. The summed E-state index contributed by atoms with van der Waals surface area (Å²) in [4.78, 5) is 11.2. The standard InChI is InChI=1S/C12H12ClF3O2/c1-7(2)6-18-10-5-8(13)3-4-9(10)11(17)12(14,15)16/h3-5,7H,6H2,1-2H3. The van der Waals surface area contributed by atoms with Gasteiger partial charge in [-0.2, -0.15) is 13.2 Å². The summed E-state index contributed by atoms with van der Waals surface area (Å²) in [5, 5.41) is 0.215.